The molecule has 1 N–H and O–H groups in total. The first kappa shape index (κ1) is 29.5. The number of anilines is 1. The number of para-hydroxylation sites is 1. The van der Waals surface area contributed by atoms with Gasteiger partial charge in [-0.25, -0.2) is 0 Å². The summed E-state index contributed by atoms with van der Waals surface area (Å²) >= 11 is 3.43. The molecule has 0 unspecified atom stereocenters. The average molecular weight is 685 g/mol. The first-order valence-electron chi connectivity index (χ1n) is 15.8. The van der Waals surface area contributed by atoms with Gasteiger partial charge < -0.3 is 5.11 Å². The molecule has 1 heterocycles. The zero-order valence-corrected chi connectivity index (χ0v) is 26.8. The lowest BCUT2D eigenvalue weighted by molar-refractivity contribution is -0.135. The maximum Gasteiger partial charge on any atom is 0.238 e. The van der Waals surface area contributed by atoms with Gasteiger partial charge in [-0.05, 0) is 66.3 Å². The first-order valence-corrected chi connectivity index (χ1v) is 16.6. The highest BCUT2D eigenvalue weighted by molar-refractivity contribution is 9.10. The summed E-state index contributed by atoms with van der Waals surface area (Å²) in [5.74, 6) is -4.33. The molecule has 4 aliphatic rings. The third kappa shape index (κ3) is 4.29. The Bertz CT molecular complexity index is 2020. The van der Waals surface area contributed by atoms with Crippen LogP contribution >= 0.6 is 15.9 Å². The minimum Gasteiger partial charge on any atom is -0.508 e. The van der Waals surface area contributed by atoms with Crippen LogP contribution in [-0.4, -0.2) is 28.5 Å². The number of carbonyl (C=O) groups is 4. The molecule has 0 aromatic heterocycles. The second-order valence-corrected chi connectivity index (χ2v) is 13.8. The smallest absolute Gasteiger partial charge is 0.238 e. The molecule has 0 spiro atoms. The van der Waals surface area contributed by atoms with Gasteiger partial charge in [-0.3, -0.25) is 24.1 Å². The number of imide groups is 1. The number of benzene rings is 4. The summed E-state index contributed by atoms with van der Waals surface area (Å²) in [6.45, 7) is 0. The molecule has 8 rings (SSSR count). The zero-order valence-electron chi connectivity index (χ0n) is 25.3. The number of amides is 2. The van der Waals surface area contributed by atoms with Crippen LogP contribution in [0, 0.1) is 23.7 Å². The van der Waals surface area contributed by atoms with Crippen molar-refractivity contribution in [1.82, 2.24) is 0 Å². The molecular weight excluding hydrogens is 654 g/mol. The van der Waals surface area contributed by atoms with Gasteiger partial charge in [-0.2, -0.15) is 0 Å². The normalized spacial score (nSPS) is 28.3. The van der Waals surface area contributed by atoms with Crippen molar-refractivity contribution in [2.24, 2.45) is 23.7 Å². The Labute approximate surface area is 280 Å². The Kier molecular flexibility index (Phi) is 6.99. The van der Waals surface area contributed by atoms with E-state index >= 15 is 0 Å². The Morgan fingerprint density at radius 3 is 2.11 bits per heavy atom. The lowest BCUT2D eigenvalue weighted by Crippen LogP contribution is -2.58. The van der Waals surface area contributed by atoms with Crippen LogP contribution in [0.25, 0.3) is 5.57 Å². The highest BCUT2D eigenvalue weighted by Crippen LogP contribution is 2.64. The summed E-state index contributed by atoms with van der Waals surface area (Å²) in [7, 11) is 0. The Balaban J connectivity index is 1.36. The van der Waals surface area contributed by atoms with Crippen molar-refractivity contribution in [1.29, 1.82) is 0 Å². The van der Waals surface area contributed by atoms with Crippen LogP contribution < -0.4 is 4.90 Å². The van der Waals surface area contributed by atoms with Gasteiger partial charge in [-0.1, -0.05) is 106 Å². The minimum atomic E-state index is -1.37. The Morgan fingerprint density at radius 2 is 1.40 bits per heavy atom. The van der Waals surface area contributed by atoms with Gasteiger partial charge in [-0.15, -0.1) is 0 Å². The van der Waals surface area contributed by atoms with Crippen molar-refractivity contribution in [3.8, 4) is 5.75 Å². The molecule has 3 aliphatic carbocycles. The molecule has 6 nitrogen and oxygen atoms in total. The van der Waals surface area contributed by atoms with Crippen LogP contribution in [0.4, 0.5) is 5.69 Å². The summed E-state index contributed by atoms with van der Waals surface area (Å²) < 4.78 is 0.833. The van der Waals surface area contributed by atoms with Gasteiger partial charge in [0.2, 0.25) is 11.8 Å². The molecule has 4 aromatic rings. The number of nitrogens with zero attached hydrogens (tertiary/aromatic N) is 1. The molecule has 2 fully saturated rings. The molecule has 0 bridgehead atoms. The third-order valence-electron chi connectivity index (χ3n) is 10.7. The predicted octanol–water partition coefficient (Wildman–Crippen LogP) is 7.18. The van der Waals surface area contributed by atoms with E-state index in [2.05, 4.69) is 15.9 Å². The fraction of sp³-hybridized carbons (Fsp3) is 0.200. The monoisotopic (exact) mass is 683 g/mol. The molecule has 1 saturated carbocycles. The van der Waals surface area contributed by atoms with Gasteiger partial charge in [0, 0.05) is 27.4 Å². The van der Waals surface area contributed by atoms with Crippen molar-refractivity contribution in [3.05, 3.63) is 148 Å². The molecule has 4 aromatic carbocycles. The zero-order chi connectivity index (χ0) is 32.4. The maximum atomic E-state index is 15.0. The van der Waals surface area contributed by atoms with E-state index in [0.717, 1.165) is 10.0 Å². The van der Waals surface area contributed by atoms with E-state index < -0.39 is 35.0 Å². The van der Waals surface area contributed by atoms with Crippen LogP contribution in [-0.2, 0) is 24.6 Å². The van der Waals surface area contributed by atoms with Gasteiger partial charge in [0.1, 0.15) is 5.75 Å². The topological polar surface area (TPSA) is 91.8 Å². The first-order chi connectivity index (χ1) is 22.8. The molecule has 7 heteroatoms. The molecule has 232 valence electrons. The molecule has 1 aliphatic heterocycles. The van der Waals surface area contributed by atoms with Crippen LogP contribution in [0.1, 0.15) is 35.4 Å². The highest BCUT2D eigenvalue weighted by atomic mass is 79.9. The fourth-order valence-electron chi connectivity index (χ4n) is 8.80. The fourth-order valence-corrected chi connectivity index (χ4v) is 9.06. The van der Waals surface area contributed by atoms with Crippen LogP contribution in [0.2, 0.25) is 0 Å². The number of hydrogen-bond acceptors (Lipinski definition) is 5. The van der Waals surface area contributed by atoms with E-state index in [9.17, 15) is 24.3 Å². The summed E-state index contributed by atoms with van der Waals surface area (Å²) in [6, 6.07) is 32.6. The highest BCUT2D eigenvalue weighted by Gasteiger charge is 2.66. The Hall–Kier alpha value is -4.88. The summed E-state index contributed by atoms with van der Waals surface area (Å²) in [5.41, 5.74) is 2.16. The summed E-state index contributed by atoms with van der Waals surface area (Å²) in [6.07, 6.45) is 4.03. The number of carbonyl (C=O) groups excluding carboxylic acids is 4. The summed E-state index contributed by atoms with van der Waals surface area (Å²) in [5, 5.41) is 11.4. The van der Waals surface area contributed by atoms with E-state index in [1.165, 1.54) is 11.0 Å². The average Bonchev–Trinajstić information content (AvgIpc) is 3.36. The second kappa shape index (κ2) is 11.1. The van der Waals surface area contributed by atoms with E-state index in [4.69, 9.17) is 0 Å². The number of aromatic hydroxyl groups is 1. The van der Waals surface area contributed by atoms with Crippen molar-refractivity contribution in [2.45, 2.75) is 24.2 Å². The number of phenols is 1. The van der Waals surface area contributed by atoms with E-state index in [0.29, 0.717) is 34.4 Å². The lowest BCUT2D eigenvalue weighted by atomic mass is 9.44. The quantitative estimate of drug-likeness (QED) is 0.182. The number of hydrogen-bond donors (Lipinski definition) is 1. The molecule has 2 amide bonds. The van der Waals surface area contributed by atoms with Crippen molar-refractivity contribution >= 4 is 50.6 Å². The van der Waals surface area contributed by atoms with Crippen molar-refractivity contribution in [3.63, 3.8) is 0 Å². The number of Topliss-reactive ketones (excluding diaryl/α,β-unsaturated/α-hetero) is 1. The van der Waals surface area contributed by atoms with Crippen LogP contribution in [0.15, 0.2) is 131 Å². The van der Waals surface area contributed by atoms with Crippen LogP contribution in [0.5, 0.6) is 5.75 Å². The van der Waals surface area contributed by atoms with Gasteiger partial charge >= 0.3 is 0 Å². The lowest BCUT2D eigenvalue weighted by Gasteiger charge is -2.55. The minimum absolute atomic E-state index is 0.0126. The van der Waals surface area contributed by atoms with E-state index in [1.807, 2.05) is 72.8 Å². The predicted molar refractivity (Wildman–Crippen MR) is 181 cm³/mol. The van der Waals surface area contributed by atoms with Crippen molar-refractivity contribution < 1.29 is 24.3 Å². The van der Waals surface area contributed by atoms with E-state index in [1.54, 1.807) is 42.5 Å². The van der Waals surface area contributed by atoms with Gasteiger partial charge in [0.25, 0.3) is 0 Å². The maximum absolute atomic E-state index is 15.0. The third-order valence-corrected chi connectivity index (χ3v) is 11.2. The van der Waals surface area contributed by atoms with E-state index in [-0.39, 0.29) is 35.6 Å². The largest absolute Gasteiger partial charge is 0.508 e. The molecule has 6 atom stereocenters. The van der Waals surface area contributed by atoms with Crippen molar-refractivity contribution in [2.75, 3.05) is 4.90 Å². The van der Waals surface area contributed by atoms with Crippen LogP contribution in [0.3, 0.4) is 0 Å². The summed E-state index contributed by atoms with van der Waals surface area (Å²) in [4.78, 5) is 59.5. The molecule has 0 radical (unpaired) electrons. The van der Waals surface area contributed by atoms with Gasteiger partial charge in [0.15, 0.2) is 11.6 Å². The number of phenolic OH excluding ortho intramolecular Hbond substituents is 1. The molecule has 1 saturated heterocycles. The second-order valence-electron chi connectivity index (χ2n) is 12.8. The number of halogens is 1. The number of ketones is 2. The van der Waals surface area contributed by atoms with Gasteiger partial charge in [0.05, 0.1) is 22.9 Å². The SMILES string of the molecule is O=C1C(c2ccccc2)=CC(=O)[C@@]2(c3ccccc3)[C@@H](c3ccccc3O)C3=CC[C@@H]4C(=O)N(c5ccc(Br)cc5)C(=O)[C@@H]4[C@@H]3C[C@@H]12. The molecule has 47 heavy (non-hydrogen) atoms. The number of fused-ring (bicyclic) bond motifs is 4. The number of allylic oxidation sites excluding steroid dienone is 4. The molecular formula is C40H30BrNO5. The Morgan fingerprint density at radius 1 is 0.745 bits per heavy atom. The standard InChI is InChI=1S/C40H30BrNO5/c41-25-15-17-26(18-16-25)42-38(46)29-20-19-27-31(35(29)39(42)47)21-32-37(45)30(23-9-3-1-4-10-23)22-34(44)40(32,24-11-5-2-6-12-24)36(27)28-13-7-8-14-33(28)43/h1-19,22,29,31-32,35-36,43H,20-21H2/t29-,31+,32-,35-,36+,40-/m0/s1. The number of rotatable bonds is 4.